The van der Waals surface area contributed by atoms with Crippen LogP contribution in [0.4, 0.5) is 0 Å². The summed E-state index contributed by atoms with van der Waals surface area (Å²) in [4.78, 5) is 0. The molecular weight excluding hydrogens is 184 g/mol. The lowest BCUT2D eigenvalue weighted by Gasteiger charge is -1.95. The monoisotopic (exact) mass is 204 g/mol. The van der Waals surface area contributed by atoms with Gasteiger partial charge in [-0.3, -0.25) is 0 Å². The van der Waals surface area contributed by atoms with Gasteiger partial charge in [-0.2, -0.15) is 0 Å². The molecule has 0 saturated carbocycles. The summed E-state index contributed by atoms with van der Waals surface area (Å²) in [7, 11) is 0. The number of hydrogen-bond acceptors (Lipinski definition) is 3. The highest BCUT2D eigenvalue weighted by molar-refractivity contribution is 4.63. The van der Waals surface area contributed by atoms with E-state index in [1.807, 2.05) is 0 Å². The Kier molecular flexibility index (Phi) is 30.2. The molecule has 0 unspecified atom stereocenters. The lowest BCUT2D eigenvalue weighted by Crippen LogP contribution is -1.95. The summed E-state index contributed by atoms with van der Waals surface area (Å²) in [6.07, 6.45) is 5.03. The second-order valence-corrected chi connectivity index (χ2v) is 1.91. The Bertz CT molecular complexity index is 117. The van der Waals surface area contributed by atoms with Gasteiger partial charge in [-0.05, 0) is 6.42 Å². The third-order valence-corrected chi connectivity index (χ3v) is 0.875. The second kappa shape index (κ2) is 22.7. The molecule has 0 radical (unpaired) electrons. The summed E-state index contributed by atoms with van der Waals surface area (Å²) in [6.45, 7) is 11.4. The van der Waals surface area contributed by atoms with E-state index in [1.165, 1.54) is 12.5 Å². The fourth-order valence-corrected chi connectivity index (χ4v) is 0.401. The molecule has 0 amide bonds. The molecule has 0 aliphatic heterocycles. The first-order chi connectivity index (χ1) is 6.33. The first-order valence-corrected chi connectivity index (χ1v) is 4.00. The van der Waals surface area contributed by atoms with Crippen LogP contribution in [0.15, 0.2) is 38.3 Å². The Morgan fingerprint density at radius 3 is 2.00 bits per heavy atom. The summed E-state index contributed by atoms with van der Waals surface area (Å²) in [5.74, 6) is 0. The topological polar surface area (TPSA) is 70.2 Å². The van der Waals surface area contributed by atoms with Crippen LogP contribution in [0.25, 0.3) is 0 Å². The maximum atomic E-state index is 8.26. The van der Waals surface area contributed by atoms with Crippen LogP contribution in [0.1, 0.15) is 6.42 Å². The van der Waals surface area contributed by atoms with Crippen molar-refractivity contribution in [2.24, 2.45) is 0 Å². The van der Waals surface area contributed by atoms with Crippen LogP contribution in [0, 0.1) is 0 Å². The SMILES string of the molecule is C=CCOCCCO.C=COC=C.O. The Labute approximate surface area is 85.5 Å². The van der Waals surface area contributed by atoms with E-state index in [1.54, 1.807) is 6.08 Å². The van der Waals surface area contributed by atoms with Gasteiger partial charge in [0, 0.05) is 13.2 Å². The molecule has 4 heteroatoms. The fraction of sp³-hybridized carbons (Fsp3) is 0.400. The maximum Gasteiger partial charge on any atom is 0.0829 e. The predicted molar refractivity (Wildman–Crippen MR) is 57.8 cm³/mol. The van der Waals surface area contributed by atoms with E-state index < -0.39 is 0 Å². The number of rotatable bonds is 7. The Balaban J connectivity index is -0.000000177. The molecule has 0 fully saturated rings. The molecule has 0 rings (SSSR count). The van der Waals surface area contributed by atoms with Crippen molar-refractivity contribution < 1.29 is 20.1 Å². The average Bonchev–Trinajstić information content (AvgIpc) is 2.15. The van der Waals surface area contributed by atoms with Crippen LogP contribution >= 0.6 is 0 Å². The smallest absolute Gasteiger partial charge is 0.0829 e. The summed E-state index contributed by atoms with van der Waals surface area (Å²) < 4.78 is 9.31. The van der Waals surface area contributed by atoms with E-state index in [2.05, 4.69) is 24.5 Å². The highest BCUT2D eigenvalue weighted by Crippen LogP contribution is 1.79. The van der Waals surface area contributed by atoms with E-state index in [0.717, 1.165) is 0 Å². The summed E-state index contributed by atoms with van der Waals surface area (Å²) in [5, 5.41) is 8.26. The third-order valence-electron chi connectivity index (χ3n) is 0.875. The second-order valence-electron chi connectivity index (χ2n) is 1.91. The van der Waals surface area contributed by atoms with Gasteiger partial charge in [-0.25, -0.2) is 0 Å². The summed E-state index contributed by atoms with van der Waals surface area (Å²) in [6, 6.07) is 0. The van der Waals surface area contributed by atoms with Crippen LogP contribution < -0.4 is 0 Å². The van der Waals surface area contributed by atoms with Gasteiger partial charge in [-0.1, -0.05) is 19.2 Å². The maximum absolute atomic E-state index is 8.26. The predicted octanol–water partition coefficient (Wildman–Crippen LogP) is 1.04. The lowest BCUT2D eigenvalue weighted by atomic mass is 10.5. The third kappa shape index (κ3) is 30.7. The Morgan fingerprint density at radius 1 is 1.14 bits per heavy atom. The number of aliphatic hydroxyl groups is 1. The first-order valence-electron chi connectivity index (χ1n) is 4.00. The minimum atomic E-state index is 0. The van der Waals surface area contributed by atoms with E-state index in [9.17, 15) is 0 Å². The fourth-order valence-electron chi connectivity index (χ4n) is 0.401. The molecule has 14 heavy (non-hydrogen) atoms. The quantitative estimate of drug-likeness (QED) is 0.382. The van der Waals surface area contributed by atoms with E-state index in [0.29, 0.717) is 19.6 Å². The zero-order valence-electron chi connectivity index (χ0n) is 8.45. The van der Waals surface area contributed by atoms with Gasteiger partial charge in [0.15, 0.2) is 0 Å². The Hall–Kier alpha value is -1.10. The van der Waals surface area contributed by atoms with Crippen LogP contribution in [-0.4, -0.2) is 30.4 Å². The van der Waals surface area contributed by atoms with Gasteiger partial charge >= 0.3 is 0 Å². The largest absolute Gasteiger partial charge is 0.474 e. The molecule has 0 aromatic rings. The van der Waals surface area contributed by atoms with Crippen LogP contribution in [-0.2, 0) is 9.47 Å². The van der Waals surface area contributed by atoms with Crippen LogP contribution in [0.5, 0.6) is 0 Å². The molecule has 0 aliphatic rings. The molecule has 3 N–H and O–H groups in total. The van der Waals surface area contributed by atoms with Gasteiger partial charge in [-0.15, -0.1) is 6.58 Å². The summed E-state index contributed by atoms with van der Waals surface area (Å²) >= 11 is 0. The number of hydrogen-bond donors (Lipinski definition) is 1. The standard InChI is InChI=1S/C6H12O2.C4H6O.H2O/c1-2-5-8-6-3-4-7;1-3-5-4-2;/h2,7H,1,3-6H2;3-4H,1-2H2;1H2. The van der Waals surface area contributed by atoms with Gasteiger partial charge in [0.1, 0.15) is 0 Å². The van der Waals surface area contributed by atoms with E-state index in [4.69, 9.17) is 9.84 Å². The molecule has 0 aromatic carbocycles. The van der Waals surface area contributed by atoms with Crippen molar-refractivity contribution >= 4 is 0 Å². The normalized spacial score (nSPS) is 7.21. The molecule has 84 valence electrons. The zero-order chi connectivity index (χ0) is 10.4. The molecule has 0 atom stereocenters. The van der Waals surface area contributed by atoms with Crippen molar-refractivity contribution in [2.75, 3.05) is 19.8 Å². The lowest BCUT2D eigenvalue weighted by molar-refractivity contribution is 0.139. The van der Waals surface area contributed by atoms with Crippen molar-refractivity contribution in [2.45, 2.75) is 6.42 Å². The van der Waals surface area contributed by atoms with Gasteiger partial charge in [0.2, 0.25) is 0 Å². The average molecular weight is 204 g/mol. The van der Waals surface area contributed by atoms with Gasteiger partial charge < -0.3 is 20.1 Å². The van der Waals surface area contributed by atoms with Crippen molar-refractivity contribution in [1.82, 2.24) is 0 Å². The number of ether oxygens (including phenoxy) is 2. The highest BCUT2D eigenvalue weighted by atomic mass is 16.5. The van der Waals surface area contributed by atoms with Crippen molar-refractivity contribution in [3.63, 3.8) is 0 Å². The van der Waals surface area contributed by atoms with E-state index >= 15 is 0 Å². The summed E-state index contributed by atoms with van der Waals surface area (Å²) in [5.41, 5.74) is 0. The Morgan fingerprint density at radius 2 is 1.71 bits per heavy atom. The molecule has 0 aliphatic carbocycles. The van der Waals surface area contributed by atoms with Crippen LogP contribution in [0.3, 0.4) is 0 Å². The minimum Gasteiger partial charge on any atom is -0.474 e. The van der Waals surface area contributed by atoms with Crippen molar-refractivity contribution in [1.29, 1.82) is 0 Å². The number of aliphatic hydroxyl groups excluding tert-OH is 1. The molecule has 0 spiro atoms. The first kappa shape index (κ1) is 18.6. The van der Waals surface area contributed by atoms with Gasteiger partial charge in [0.25, 0.3) is 0 Å². The van der Waals surface area contributed by atoms with Gasteiger partial charge in [0.05, 0.1) is 19.1 Å². The molecule has 0 aromatic heterocycles. The molecule has 0 heterocycles. The van der Waals surface area contributed by atoms with Crippen molar-refractivity contribution in [3.05, 3.63) is 38.3 Å². The highest BCUT2D eigenvalue weighted by Gasteiger charge is 1.80. The zero-order valence-corrected chi connectivity index (χ0v) is 8.45. The molecule has 0 bridgehead atoms. The molecule has 0 saturated heterocycles. The molecule has 4 nitrogen and oxygen atoms in total. The van der Waals surface area contributed by atoms with Crippen molar-refractivity contribution in [3.8, 4) is 0 Å². The minimum absolute atomic E-state index is 0. The van der Waals surface area contributed by atoms with E-state index in [-0.39, 0.29) is 12.1 Å². The van der Waals surface area contributed by atoms with Crippen LogP contribution in [0.2, 0.25) is 0 Å². The molecular formula is C10H20O4.